The Balaban J connectivity index is 0.00000117. The number of hydrogen-bond acceptors (Lipinski definition) is 2. The smallest absolute Gasteiger partial charge is 0.356 e. The third-order valence-corrected chi connectivity index (χ3v) is 4.21. The molecule has 2 aliphatic rings. The zero-order chi connectivity index (χ0) is 19.5. The summed E-state index contributed by atoms with van der Waals surface area (Å²) < 4.78 is 47.6. The first-order valence-corrected chi connectivity index (χ1v) is 8.79. The number of anilines is 1. The second-order valence-electron chi connectivity index (χ2n) is 5.83. The molecule has 0 amide bonds. The van der Waals surface area contributed by atoms with E-state index in [0.29, 0.717) is 0 Å². The molecule has 2 nitrogen and oxygen atoms in total. The zero-order valence-electron chi connectivity index (χ0n) is 14.7. The Kier molecular flexibility index (Phi) is 6.10. The van der Waals surface area contributed by atoms with E-state index in [1.54, 1.807) is 0 Å². The fourth-order valence-electron chi connectivity index (χ4n) is 2.44. The average molecular weight is 384 g/mol. The number of alkyl halides is 3. The van der Waals surface area contributed by atoms with Gasteiger partial charge in [0.05, 0.1) is 0 Å². The molecule has 1 heterocycles. The first-order chi connectivity index (χ1) is 12.3. The van der Waals surface area contributed by atoms with Crippen molar-refractivity contribution in [1.29, 1.82) is 0 Å². The summed E-state index contributed by atoms with van der Waals surface area (Å²) in [6.07, 6.45) is -2.84. The van der Waals surface area contributed by atoms with Crippen molar-refractivity contribution in [1.82, 2.24) is 0 Å². The van der Waals surface area contributed by atoms with E-state index in [2.05, 4.69) is 30.3 Å². The van der Waals surface area contributed by atoms with Crippen LogP contribution in [0.3, 0.4) is 0 Å². The van der Waals surface area contributed by atoms with Gasteiger partial charge in [0.2, 0.25) is 0 Å². The van der Waals surface area contributed by atoms with Gasteiger partial charge in [0, 0.05) is 22.2 Å². The van der Waals surface area contributed by atoms with E-state index in [-0.39, 0.29) is 27.8 Å². The van der Waals surface area contributed by atoms with E-state index in [1.165, 1.54) is 24.3 Å². The molecule has 3 rings (SSSR count). The molecule has 0 bridgehead atoms. The first-order valence-electron chi connectivity index (χ1n) is 8.42. The lowest BCUT2D eigenvalue weighted by Crippen LogP contribution is -2.51. The Morgan fingerprint density at radius 2 is 2.04 bits per heavy atom. The van der Waals surface area contributed by atoms with Gasteiger partial charge in [0.25, 0.3) is 5.60 Å². The van der Waals surface area contributed by atoms with Crippen molar-refractivity contribution in [3.05, 3.63) is 53.6 Å². The van der Waals surface area contributed by atoms with E-state index in [1.807, 2.05) is 13.8 Å². The minimum atomic E-state index is -4.74. The molecule has 26 heavy (non-hydrogen) atoms. The fourth-order valence-corrected chi connectivity index (χ4v) is 2.61. The predicted molar refractivity (Wildman–Crippen MR) is 98.9 cm³/mol. The molecule has 1 N–H and O–H groups in total. The van der Waals surface area contributed by atoms with Crippen LogP contribution in [0.15, 0.2) is 43.0 Å². The lowest BCUT2D eigenvalue weighted by Gasteiger charge is -2.41. The van der Waals surface area contributed by atoms with Crippen molar-refractivity contribution < 1.29 is 17.9 Å². The Morgan fingerprint density at radius 1 is 1.38 bits per heavy atom. The van der Waals surface area contributed by atoms with Crippen LogP contribution in [0.4, 0.5) is 18.9 Å². The maximum absolute atomic E-state index is 14.1. The van der Waals surface area contributed by atoms with E-state index in [4.69, 9.17) is 16.3 Å². The summed E-state index contributed by atoms with van der Waals surface area (Å²) >= 11 is 5.92. The van der Waals surface area contributed by atoms with Crippen LogP contribution in [0.1, 0.15) is 32.3 Å². The SMILES string of the molecule is C=CC(=C)C1Nc2ccc(Cl)cc2C(C#CC2CC2)(C(F)(F)F)O1.CC. The molecule has 1 aliphatic heterocycles. The fraction of sp³-hybridized carbons (Fsp3) is 0.400. The molecule has 1 aliphatic carbocycles. The van der Waals surface area contributed by atoms with Crippen LogP contribution in [-0.4, -0.2) is 12.4 Å². The number of nitrogens with one attached hydrogen (secondary N) is 1. The van der Waals surface area contributed by atoms with Gasteiger partial charge < -0.3 is 10.1 Å². The number of hydrogen-bond donors (Lipinski definition) is 1. The Hall–Kier alpha value is -1.90. The van der Waals surface area contributed by atoms with Crippen LogP contribution in [0.25, 0.3) is 0 Å². The summed E-state index contributed by atoms with van der Waals surface area (Å²) in [5, 5.41) is 3.07. The summed E-state index contributed by atoms with van der Waals surface area (Å²) in [7, 11) is 0. The van der Waals surface area contributed by atoms with E-state index in [0.717, 1.165) is 12.8 Å². The van der Waals surface area contributed by atoms with Gasteiger partial charge in [-0.15, -0.1) is 0 Å². The van der Waals surface area contributed by atoms with Crippen LogP contribution in [0.2, 0.25) is 5.02 Å². The third kappa shape index (κ3) is 3.92. The molecule has 1 aromatic rings. The highest BCUT2D eigenvalue weighted by Crippen LogP contribution is 2.49. The van der Waals surface area contributed by atoms with Gasteiger partial charge in [-0.25, -0.2) is 0 Å². The van der Waals surface area contributed by atoms with Gasteiger partial charge in [0.1, 0.15) is 0 Å². The van der Waals surface area contributed by atoms with Crippen LogP contribution >= 0.6 is 11.6 Å². The summed E-state index contributed by atoms with van der Waals surface area (Å²) in [5.74, 6) is 5.04. The van der Waals surface area contributed by atoms with Crippen molar-refractivity contribution in [2.24, 2.45) is 5.92 Å². The molecular formula is C20H21ClF3NO. The minimum absolute atomic E-state index is 0.00796. The summed E-state index contributed by atoms with van der Waals surface area (Å²) in [6.45, 7) is 11.2. The highest BCUT2D eigenvalue weighted by atomic mass is 35.5. The van der Waals surface area contributed by atoms with Crippen LogP contribution in [0, 0.1) is 17.8 Å². The number of halogens is 4. The average Bonchev–Trinajstić information content (AvgIpc) is 3.44. The first kappa shape index (κ1) is 20.4. The van der Waals surface area contributed by atoms with Gasteiger partial charge in [-0.2, -0.15) is 13.2 Å². The quantitative estimate of drug-likeness (QED) is 0.496. The monoisotopic (exact) mass is 383 g/mol. The van der Waals surface area contributed by atoms with Gasteiger partial charge in [-0.05, 0) is 36.6 Å². The molecule has 1 fully saturated rings. The third-order valence-electron chi connectivity index (χ3n) is 3.97. The standard InChI is InChI=1S/C18H15ClF3NO.C2H6/c1-3-11(2)16-23-15-7-6-13(19)10-14(15)17(24-16,18(20,21)22)9-8-12-4-5-12;1-2/h3,6-7,10,12,16,23H,1-2,4-5H2;1-2H3. The van der Waals surface area contributed by atoms with Crippen molar-refractivity contribution in [3.8, 4) is 11.8 Å². The minimum Gasteiger partial charge on any atom is -0.356 e. The molecule has 0 aromatic heterocycles. The number of rotatable bonds is 2. The molecule has 1 aromatic carbocycles. The number of benzene rings is 1. The molecule has 140 valence electrons. The molecule has 2 atom stereocenters. The number of fused-ring (bicyclic) bond motifs is 1. The number of ether oxygens (including phenoxy) is 1. The molecule has 1 saturated carbocycles. The summed E-state index contributed by atoms with van der Waals surface area (Å²) in [5.41, 5.74) is -2.33. The molecule has 6 heteroatoms. The van der Waals surface area contributed by atoms with Gasteiger partial charge in [-0.1, -0.05) is 56.5 Å². The summed E-state index contributed by atoms with van der Waals surface area (Å²) in [6, 6.07) is 4.25. The molecular weight excluding hydrogens is 363 g/mol. The van der Waals surface area contributed by atoms with Crippen LogP contribution < -0.4 is 5.32 Å². The van der Waals surface area contributed by atoms with E-state index < -0.39 is 18.0 Å². The normalized spacial score (nSPS) is 24.0. The van der Waals surface area contributed by atoms with Gasteiger partial charge in [-0.3, -0.25) is 0 Å². The van der Waals surface area contributed by atoms with E-state index >= 15 is 0 Å². The maximum atomic E-state index is 14.1. The lowest BCUT2D eigenvalue weighted by molar-refractivity contribution is -0.268. The largest absolute Gasteiger partial charge is 0.433 e. The van der Waals surface area contributed by atoms with Gasteiger partial charge in [0.15, 0.2) is 6.23 Å². The highest BCUT2D eigenvalue weighted by molar-refractivity contribution is 6.30. The molecule has 0 spiro atoms. The second kappa shape index (κ2) is 7.77. The van der Waals surface area contributed by atoms with Crippen molar-refractivity contribution in [2.45, 2.75) is 44.7 Å². The topological polar surface area (TPSA) is 21.3 Å². The van der Waals surface area contributed by atoms with Crippen molar-refractivity contribution >= 4 is 17.3 Å². The Bertz CT molecular complexity index is 759. The van der Waals surface area contributed by atoms with Crippen molar-refractivity contribution in [3.63, 3.8) is 0 Å². The molecule has 0 saturated heterocycles. The van der Waals surface area contributed by atoms with Crippen LogP contribution in [0.5, 0.6) is 0 Å². The highest BCUT2D eigenvalue weighted by Gasteiger charge is 2.61. The lowest BCUT2D eigenvalue weighted by atomic mass is 9.89. The predicted octanol–water partition coefficient (Wildman–Crippen LogP) is 6.05. The molecule has 2 unspecified atom stereocenters. The Morgan fingerprint density at radius 3 is 2.58 bits per heavy atom. The Labute approximate surface area is 157 Å². The van der Waals surface area contributed by atoms with E-state index in [9.17, 15) is 13.2 Å². The van der Waals surface area contributed by atoms with Gasteiger partial charge >= 0.3 is 6.18 Å². The maximum Gasteiger partial charge on any atom is 0.433 e. The van der Waals surface area contributed by atoms with Crippen LogP contribution in [-0.2, 0) is 10.3 Å². The van der Waals surface area contributed by atoms with Crippen molar-refractivity contribution in [2.75, 3.05) is 5.32 Å². The second-order valence-corrected chi connectivity index (χ2v) is 6.27. The summed E-state index contributed by atoms with van der Waals surface area (Å²) in [4.78, 5) is 0. The zero-order valence-corrected chi connectivity index (χ0v) is 15.5. The molecule has 0 radical (unpaired) electrons.